The Bertz CT molecular complexity index is 329. The van der Waals surface area contributed by atoms with Gasteiger partial charge in [-0.2, -0.15) is 0 Å². The summed E-state index contributed by atoms with van der Waals surface area (Å²) >= 11 is 0. The summed E-state index contributed by atoms with van der Waals surface area (Å²) in [5.74, 6) is 0.732. The molecule has 2 rings (SSSR count). The van der Waals surface area contributed by atoms with Gasteiger partial charge in [-0.05, 0) is 25.7 Å². The normalized spacial score (nSPS) is 23.8. The molecule has 1 atom stereocenters. The smallest absolute Gasteiger partial charge is 0.242 e. The second-order valence-electron chi connectivity index (χ2n) is 5.62. The molecular weight excluding hydrogens is 242 g/mol. The van der Waals surface area contributed by atoms with Crippen LogP contribution in [-0.4, -0.2) is 48.9 Å². The lowest BCUT2D eigenvalue weighted by atomic mass is 9.99. The van der Waals surface area contributed by atoms with Gasteiger partial charge in [0.15, 0.2) is 0 Å². The van der Waals surface area contributed by atoms with Crippen molar-refractivity contribution in [2.75, 3.05) is 26.2 Å². The van der Waals surface area contributed by atoms with E-state index < -0.39 is 0 Å². The number of hydrogen-bond acceptors (Lipinski definition) is 3. The van der Waals surface area contributed by atoms with Crippen LogP contribution >= 0.6 is 0 Å². The van der Waals surface area contributed by atoms with Crippen molar-refractivity contribution in [3.05, 3.63) is 0 Å². The van der Waals surface area contributed by atoms with Crippen LogP contribution in [0.25, 0.3) is 0 Å². The Morgan fingerprint density at radius 2 is 2.11 bits per heavy atom. The number of nitrogens with one attached hydrogen (secondary N) is 2. The largest absolute Gasteiger partial charge is 0.354 e. The molecule has 0 bridgehead atoms. The van der Waals surface area contributed by atoms with Gasteiger partial charge in [0.05, 0.1) is 0 Å². The molecule has 2 saturated heterocycles. The molecule has 2 amide bonds. The Balaban J connectivity index is 1.86. The zero-order valence-corrected chi connectivity index (χ0v) is 11.8. The first-order valence-corrected chi connectivity index (χ1v) is 7.50. The molecule has 0 saturated carbocycles. The highest BCUT2D eigenvalue weighted by Gasteiger charge is 2.31. The molecule has 5 heteroatoms. The third kappa shape index (κ3) is 3.69. The standard InChI is InChI=1S/C14H25N3O2/c1-2-5-13(18)17-7-4-3-6-12(17)14(19)16-10-11-8-15-9-11/h11-12,15H,2-10H2,1H3,(H,16,19). The van der Waals surface area contributed by atoms with Crippen LogP contribution in [0.2, 0.25) is 0 Å². The highest BCUT2D eigenvalue weighted by molar-refractivity contribution is 5.87. The van der Waals surface area contributed by atoms with Gasteiger partial charge in [-0.25, -0.2) is 0 Å². The van der Waals surface area contributed by atoms with Crippen molar-refractivity contribution in [1.82, 2.24) is 15.5 Å². The lowest BCUT2D eigenvalue weighted by Crippen LogP contribution is -2.54. The number of carbonyl (C=O) groups excluding carboxylic acids is 2. The number of rotatable bonds is 5. The van der Waals surface area contributed by atoms with Crippen molar-refractivity contribution in [3.63, 3.8) is 0 Å². The van der Waals surface area contributed by atoms with Gasteiger partial charge in [0.2, 0.25) is 11.8 Å². The van der Waals surface area contributed by atoms with E-state index >= 15 is 0 Å². The van der Waals surface area contributed by atoms with Gasteiger partial charge in [-0.3, -0.25) is 9.59 Å². The molecule has 5 nitrogen and oxygen atoms in total. The van der Waals surface area contributed by atoms with E-state index in [9.17, 15) is 9.59 Å². The van der Waals surface area contributed by atoms with E-state index in [1.165, 1.54) is 0 Å². The first kappa shape index (κ1) is 14.3. The number of carbonyl (C=O) groups is 2. The maximum Gasteiger partial charge on any atom is 0.242 e. The number of amides is 2. The Morgan fingerprint density at radius 3 is 2.74 bits per heavy atom. The number of likely N-dealkylation sites (tertiary alicyclic amines) is 1. The first-order chi connectivity index (χ1) is 9.22. The second kappa shape index (κ2) is 6.89. The van der Waals surface area contributed by atoms with Crippen LogP contribution in [0.5, 0.6) is 0 Å². The van der Waals surface area contributed by atoms with E-state index in [1.54, 1.807) is 4.90 Å². The minimum absolute atomic E-state index is 0.0380. The van der Waals surface area contributed by atoms with Gasteiger partial charge in [-0.15, -0.1) is 0 Å². The van der Waals surface area contributed by atoms with Crippen LogP contribution < -0.4 is 10.6 Å². The number of piperidine rings is 1. The van der Waals surface area contributed by atoms with Gasteiger partial charge in [0.25, 0.3) is 0 Å². The highest BCUT2D eigenvalue weighted by Crippen LogP contribution is 2.18. The van der Waals surface area contributed by atoms with Gasteiger partial charge in [-0.1, -0.05) is 6.92 Å². The Kier molecular flexibility index (Phi) is 5.19. The highest BCUT2D eigenvalue weighted by atomic mass is 16.2. The topological polar surface area (TPSA) is 61.4 Å². The molecule has 0 aromatic rings. The fourth-order valence-corrected chi connectivity index (χ4v) is 2.72. The fourth-order valence-electron chi connectivity index (χ4n) is 2.72. The van der Waals surface area contributed by atoms with Crippen LogP contribution in [0.1, 0.15) is 39.0 Å². The number of nitrogens with zero attached hydrogens (tertiary/aromatic N) is 1. The third-order valence-electron chi connectivity index (χ3n) is 4.02. The van der Waals surface area contributed by atoms with Crippen molar-refractivity contribution in [2.45, 2.75) is 45.1 Å². The van der Waals surface area contributed by atoms with Crippen molar-refractivity contribution in [2.24, 2.45) is 5.92 Å². The molecule has 2 N–H and O–H groups in total. The lowest BCUT2D eigenvalue weighted by molar-refractivity contribution is -0.142. The van der Waals surface area contributed by atoms with Crippen LogP contribution in [-0.2, 0) is 9.59 Å². The van der Waals surface area contributed by atoms with E-state index in [4.69, 9.17) is 0 Å². The molecule has 2 aliphatic heterocycles. The Morgan fingerprint density at radius 1 is 1.32 bits per heavy atom. The zero-order valence-electron chi connectivity index (χ0n) is 11.8. The van der Waals surface area contributed by atoms with Crippen LogP contribution in [0.3, 0.4) is 0 Å². The average molecular weight is 267 g/mol. The second-order valence-corrected chi connectivity index (χ2v) is 5.62. The maximum absolute atomic E-state index is 12.2. The molecule has 0 aromatic heterocycles. The van der Waals surface area contributed by atoms with Crippen molar-refractivity contribution in [3.8, 4) is 0 Å². The number of hydrogen-bond donors (Lipinski definition) is 2. The lowest BCUT2D eigenvalue weighted by Gasteiger charge is -2.35. The summed E-state index contributed by atoms with van der Waals surface area (Å²) in [7, 11) is 0. The van der Waals surface area contributed by atoms with E-state index in [0.29, 0.717) is 12.3 Å². The summed E-state index contributed by atoms with van der Waals surface area (Å²) in [6.07, 6.45) is 4.27. The fraction of sp³-hybridized carbons (Fsp3) is 0.857. The summed E-state index contributed by atoms with van der Waals surface area (Å²) in [6.45, 7) is 5.45. The predicted molar refractivity (Wildman–Crippen MR) is 73.6 cm³/mol. The maximum atomic E-state index is 12.2. The quantitative estimate of drug-likeness (QED) is 0.762. The van der Waals surface area contributed by atoms with Crippen LogP contribution in [0.15, 0.2) is 0 Å². The summed E-state index contributed by atoms with van der Waals surface area (Å²) in [6, 6.07) is -0.235. The minimum atomic E-state index is -0.235. The molecular formula is C14H25N3O2. The predicted octanol–water partition coefficient (Wildman–Crippen LogP) is 0.503. The van der Waals surface area contributed by atoms with E-state index in [0.717, 1.165) is 51.9 Å². The van der Waals surface area contributed by atoms with Gasteiger partial charge in [0, 0.05) is 38.5 Å². The van der Waals surface area contributed by atoms with Crippen LogP contribution in [0.4, 0.5) is 0 Å². The molecule has 2 heterocycles. The molecule has 2 fully saturated rings. The van der Waals surface area contributed by atoms with E-state index in [1.807, 2.05) is 6.92 Å². The Labute approximate surface area is 115 Å². The van der Waals surface area contributed by atoms with Gasteiger partial charge in [0.1, 0.15) is 6.04 Å². The van der Waals surface area contributed by atoms with Gasteiger partial charge < -0.3 is 15.5 Å². The summed E-state index contributed by atoms with van der Waals surface area (Å²) in [5.41, 5.74) is 0. The summed E-state index contributed by atoms with van der Waals surface area (Å²) < 4.78 is 0. The molecule has 2 aliphatic rings. The van der Waals surface area contributed by atoms with E-state index in [-0.39, 0.29) is 17.9 Å². The molecule has 0 radical (unpaired) electrons. The van der Waals surface area contributed by atoms with Crippen molar-refractivity contribution in [1.29, 1.82) is 0 Å². The molecule has 1 unspecified atom stereocenters. The SMILES string of the molecule is CCCC(=O)N1CCCCC1C(=O)NCC1CNC1. The van der Waals surface area contributed by atoms with Gasteiger partial charge >= 0.3 is 0 Å². The summed E-state index contributed by atoms with van der Waals surface area (Å²) in [4.78, 5) is 26.1. The average Bonchev–Trinajstić information content (AvgIpc) is 2.37. The minimum Gasteiger partial charge on any atom is -0.354 e. The van der Waals surface area contributed by atoms with E-state index in [2.05, 4.69) is 10.6 Å². The Hall–Kier alpha value is -1.10. The monoisotopic (exact) mass is 267 g/mol. The first-order valence-electron chi connectivity index (χ1n) is 7.50. The molecule has 108 valence electrons. The van der Waals surface area contributed by atoms with Crippen LogP contribution in [0, 0.1) is 5.92 Å². The zero-order chi connectivity index (χ0) is 13.7. The molecule has 0 aliphatic carbocycles. The molecule has 0 spiro atoms. The third-order valence-corrected chi connectivity index (χ3v) is 4.02. The molecule has 19 heavy (non-hydrogen) atoms. The molecule has 0 aromatic carbocycles. The summed E-state index contributed by atoms with van der Waals surface area (Å²) in [5, 5.41) is 6.20. The van der Waals surface area contributed by atoms with Crippen molar-refractivity contribution < 1.29 is 9.59 Å². The van der Waals surface area contributed by atoms with Crippen molar-refractivity contribution >= 4 is 11.8 Å².